The Kier molecular flexibility index (Phi) is 7.96. The predicted molar refractivity (Wildman–Crippen MR) is 80.3 cm³/mol. The molecule has 0 bridgehead atoms. The molecule has 0 unspecified atom stereocenters. The summed E-state index contributed by atoms with van der Waals surface area (Å²) >= 11 is 0. The van der Waals surface area contributed by atoms with Crippen molar-refractivity contribution in [3.8, 4) is 0 Å². The number of rotatable bonds is 9. The van der Waals surface area contributed by atoms with Crippen LogP contribution in [0.1, 0.15) is 49.7 Å². The molecule has 0 heterocycles. The van der Waals surface area contributed by atoms with Gasteiger partial charge in [-0.2, -0.15) is 0 Å². The van der Waals surface area contributed by atoms with Gasteiger partial charge in [0.15, 0.2) is 0 Å². The fourth-order valence-corrected chi connectivity index (χ4v) is 1.91. The molecule has 0 saturated carbocycles. The van der Waals surface area contributed by atoms with E-state index in [9.17, 15) is 0 Å². The first-order valence-electron chi connectivity index (χ1n) is 6.93. The number of hydrogen-bond acceptors (Lipinski definition) is 0. The van der Waals surface area contributed by atoms with Crippen LogP contribution >= 0.6 is 0 Å². The van der Waals surface area contributed by atoms with Gasteiger partial charge in [0.2, 0.25) is 0 Å². The van der Waals surface area contributed by atoms with Crippen LogP contribution in [-0.4, -0.2) is 0 Å². The van der Waals surface area contributed by atoms with Gasteiger partial charge in [0.25, 0.3) is 0 Å². The summed E-state index contributed by atoms with van der Waals surface area (Å²) < 4.78 is 0. The summed E-state index contributed by atoms with van der Waals surface area (Å²) in [5.41, 5.74) is 2.68. The maximum absolute atomic E-state index is 5.26. The molecule has 0 aliphatic rings. The highest BCUT2D eigenvalue weighted by molar-refractivity contribution is 5.26. The minimum absolute atomic E-state index is 1.15. The van der Waals surface area contributed by atoms with Crippen molar-refractivity contribution in [1.82, 2.24) is 0 Å². The summed E-state index contributed by atoms with van der Waals surface area (Å²) in [7, 11) is 0. The quantitative estimate of drug-likeness (QED) is 0.398. The van der Waals surface area contributed by atoms with E-state index in [0.717, 1.165) is 6.42 Å². The molecule has 0 nitrogen and oxygen atoms in total. The minimum Gasteiger partial charge on any atom is -0.0845 e. The molecule has 96 valence electrons. The molecular formula is C18H24. The summed E-state index contributed by atoms with van der Waals surface area (Å²) in [6.07, 6.45) is 15.5. The third kappa shape index (κ3) is 7.11. The highest BCUT2D eigenvalue weighted by atomic mass is 14.0. The highest BCUT2D eigenvalue weighted by Crippen LogP contribution is 2.12. The zero-order chi connectivity index (χ0) is 13.1. The van der Waals surface area contributed by atoms with Crippen molar-refractivity contribution in [3.63, 3.8) is 0 Å². The molecule has 0 aliphatic carbocycles. The van der Waals surface area contributed by atoms with Crippen LogP contribution in [0.25, 0.3) is 0 Å². The first kappa shape index (κ1) is 14.8. The number of unbranched alkanes of at least 4 members (excludes halogenated alkanes) is 5. The molecule has 18 heavy (non-hydrogen) atoms. The van der Waals surface area contributed by atoms with Gasteiger partial charge in [-0.15, -0.1) is 0 Å². The zero-order valence-corrected chi connectivity index (χ0v) is 11.4. The van der Waals surface area contributed by atoms with Crippen LogP contribution in [0, 0.1) is 19.9 Å². The van der Waals surface area contributed by atoms with Crippen LogP contribution in [0.3, 0.4) is 0 Å². The van der Waals surface area contributed by atoms with Gasteiger partial charge in [0, 0.05) is 0 Å². The Morgan fingerprint density at radius 3 is 2.28 bits per heavy atom. The third-order valence-corrected chi connectivity index (χ3v) is 3.03. The fourth-order valence-electron chi connectivity index (χ4n) is 1.91. The molecule has 0 spiro atoms. The maximum Gasteiger partial charge on any atom is -0.00931 e. The Morgan fingerprint density at radius 1 is 0.944 bits per heavy atom. The molecule has 0 amide bonds. The number of hydrogen-bond donors (Lipinski definition) is 0. The van der Waals surface area contributed by atoms with Crippen LogP contribution in [0.5, 0.6) is 0 Å². The largest absolute Gasteiger partial charge is 0.0845 e. The molecule has 0 N–H and O–H groups in total. The summed E-state index contributed by atoms with van der Waals surface area (Å²) in [6.45, 7) is 7.38. The summed E-state index contributed by atoms with van der Waals surface area (Å²) in [5.74, 6) is 0. The van der Waals surface area contributed by atoms with E-state index < -0.39 is 0 Å². The average Bonchev–Trinajstić information content (AvgIpc) is 2.39. The topological polar surface area (TPSA) is 0 Å². The Morgan fingerprint density at radius 2 is 1.61 bits per heavy atom. The molecule has 0 atom stereocenters. The van der Waals surface area contributed by atoms with E-state index in [1.165, 1.54) is 43.2 Å². The second-order valence-corrected chi connectivity index (χ2v) is 4.73. The molecule has 2 radical (unpaired) electrons. The van der Waals surface area contributed by atoms with Crippen molar-refractivity contribution >= 4 is 0 Å². The van der Waals surface area contributed by atoms with Crippen LogP contribution in [0.15, 0.2) is 42.5 Å². The van der Waals surface area contributed by atoms with Gasteiger partial charge in [-0.25, -0.2) is 0 Å². The van der Waals surface area contributed by atoms with Crippen molar-refractivity contribution in [2.75, 3.05) is 0 Å². The molecule has 0 heteroatoms. The van der Waals surface area contributed by atoms with E-state index in [1.807, 2.05) is 6.08 Å². The van der Waals surface area contributed by atoms with Gasteiger partial charge in [0.05, 0.1) is 0 Å². The van der Waals surface area contributed by atoms with E-state index in [1.54, 1.807) is 6.08 Å². The number of aryl methyl sites for hydroxylation is 1. The first-order chi connectivity index (χ1) is 8.83. The van der Waals surface area contributed by atoms with Crippen LogP contribution in [0.4, 0.5) is 0 Å². The van der Waals surface area contributed by atoms with Gasteiger partial charge < -0.3 is 0 Å². The molecule has 0 fully saturated rings. The molecule has 1 aromatic carbocycles. The molecule has 0 aliphatic heterocycles. The van der Waals surface area contributed by atoms with Crippen LogP contribution in [-0.2, 0) is 0 Å². The summed E-state index contributed by atoms with van der Waals surface area (Å²) in [5, 5.41) is 0. The first-order valence-corrected chi connectivity index (χ1v) is 6.93. The van der Waals surface area contributed by atoms with Crippen molar-refractivity contribution in [2.24, 2.45) is 0 Å². The predicted octanol–water partition coefficient (Wildman–Crippen LogP) is 5.43. The van der Waals surface area contributed by atoms with Gasteiger partial charge >= 0.3 is 0 Å². The maximum atomic E-state index is 5.26. The molecule has 1 aromatic rings. The van der Waals surface area contributed by atoms with Gasteiger partial charge in [0.1, 0.15) is 0 Å². The Bertz CT molecular complexity index is 343. The lowest BCUT2D eigenvalue weighted by Gasteiger charge is -2.02. The number of allylic oxidation sites excluding steroid dienone is 3. The lowest BCUT2D eigenvalue weighted by atomic mass is 10.0. The smallest absolute Gasteiger partial charge is 0.00931 e. The molecular weight excluding hydrogens is 216 g/mol. The van der Waals surface area contributed by atoms with E-state index in [4.69, 9.17) is 6.58 Å². The van der Waals surface area contributed by atoms with E-state index in [0.29, 0.717) is 0 Å². The standard InChI is InChI=1S/C18H24/c1-3-4-5-6-7-8-9-10-11-12-18-15-13-17(2)14-16-18/h1,3-5,12-16H,6-11H2,2H3. The molecule has 1 rings (SSSR count). The highest BCUT2D eigenvalue weighted by Gasteiger charge is 1.94. The SMILES string of the molecule is [CH]=CC=CCCCCCC[CH]c1ccc(C)cc1. The zero-order valence-electron chi connectivity index (χ0n) is 11.4. The average molecular weight is 240 g/mol. The second-order valence-electron chi connectivity index (χ2n) is 4.73. The minimum atomic E-state index is 1.15. The van der Waals surface area contributed by atoms with E-state index >= 15 is 0 Å². The monoisotopic (exact) mass is 240 g/mol. The summed E-state index contributed by atoms with van der Waals surface area (Å²) in [4.78, 5) is 0. The fraction of sp³-hybridized carbons (Fsp3) is 0.389. The van der Waals surface area contributed by atoms with E-state index in [2.05, 4.69) is 43.7 Å². The van der Waals surface area contributed by atoms with E-state index in [-0.39, 0.29) is 0 Å². The van der Waals surface area contributed by atoms with Crippen LogP contribution in [0.2, 0.25) is 0 Å². The lowest BCUT2D eigenvalue weighted by molar-refractivity contribution is 0.645. The number of benzene rings is 1. The van der Waals surface area contributed by atoms with Crippen molar-refractivity contribution in [3.05, 3.63) is 66.6 Å². The molecule has 0 aromatic heterocycles. The second kappa shape index (κ2) is 9.70. The Labute approximate surface area is 112 Å². The van der Waals surface area contributed by atoms with Crippen molar-refractivity contribution < 1.29 is 0 Å². The van der Waals surface area contributed by atoms with Gasteiger partial charge in [-0.3, -0.25) is 0 Å². The molecule has 0 saturated heterocycles. The van der Waals surface area contributed by atoms with Gasteiger partial charge in [-0.1, -0.05) is 73.9 Å². The van der Waals surface area contributed by atoms with Gasteiger partial charge in [-0.05, 0) is 38.2 Å². The lowest BCUT2D eigenvalue weighted by Crippen LogP contribution is -1.84. The summed E-state index contributed by atoms with van der Waals surface area (Å²) in [6, 6.07) is 8.74. The van der Waals surface area contributed by atoms with Crippen LogP contribution < -0.4 is 0 Å². The normalized spacial score (nSPS) is 10.9. The Balaban J connectivity index is 1.97. The Hall–Kier alpha value is -1.30. The van der Waals surface area contributed by atoms with Crippen molar-refractivity contribution in [2.45, 2.75) is 45.4 Å². The van der Waals surface area contributed by atoms with Crippen molar-refractivity contribution in [1.29, 1.82) is 0 Å². The third-order valence-electron chi connectivity index (χ3n) is 3.03.